The fourth-order valence-electron chi connectivity index (χ4n) is 2.48. The van der Waals surface area contributed by atoms with Crippen LogP contribution in [0.25, 0.3) is 0 Å². The zero-order chi connectivity index (χ0) is 15.9. The van der Waals surface area contributed by atoms with Crippen molar-refractivity contribution in [2.75, 3.05) is 19.8 Å². The summed E-state index contributed by atoms with van der Waals surface area (Å²) in [6, 6.07) is 5.99. The highest BCUT2D eigenvalue weighted by Crippen LogP contribution is 2.31. The van der Waals surface area contributed by atoms with Crippen molar-refractivity contribution in [3.63, 3.8) is 0 Å². The number of carbonyl (C=O) groups excluding carboxylic acids is 1. The molecule has 23 heavy (non-hydrogen) atoms. The van der Waals surface area contributed by atoms with Gasteiger partial charge in [0, 0.05) is 24.8 Å². The molecule has 1 aromatic carbocycles. The summed E-state index contributed by atoms with van der Waals surface area (Å²) < 4.78 is 11.1. The Morgan fingerprint density at radius 3 is 2.91 bits per heavy atom. The molecular weight excluding hydrogens is 312 g/mol. The van der Waals surface area contributed by atoms with Crippen LogP contribution in [0, 0.1) is 0 Å². The zero-order valence-electron chi connectivity index (χ0n) is 12.9. The maximum atomic E-state index is 11.8. The Bertz CT molecular complexity index is 643. The van der Waals surface area contributed by atoms with E-state index in [0.717, 1.165) is 36.5 Å². The highest BCUT2D eigenvalue weighted by Gasteiger charge is 2.11. The van der Waals surface area contributed by atoms with Crippen molar-refractivity contribution in [3.8, 4) is 11.5 Å². The van der Waals surface area contributed by atoms with Crippen LogP contribution >= 0.6 is 11.3 Å². The molecule has 1 aliphatic rings. The minimum Gasteiger partial charge on any atom is -0.486 e. The molecule has 0 bridgehead atoms. The quantitative estimate of drug-likeness (QED) is 0.847. The maximum Gasteiger partial charge on any atom is 0.220 e. The molecule has 1 amide bonds. The predicted octanol–water partition coefficient (Wildman–Crippen LogP) is 2.60. The molecule has 0 aliphatic carbocycles. The van der Waals surface area contributed by atoms with Gasteiger partial charge in [0.05, 0.1) is 11.2 Å². The molecule has 122 valence electrons. The number of benzene rings is 1. The van der Waals surface area contributed by atoms with Crippen LogP contribution in [-0.2, 0) is 17.6 Å². The molecule has 0 unspecified atom stereocenters. The number of amides is 1. The summed E-state index contributed by atoms with van der Waals surface area (Å²) >= 11 is 1.58. The number of rotatable bonds is 7. The van der Waals surface area contributed by atoms with Gasteiger partial charge in [0.1, 0.15) is 13.2 Å². The van der Waals surface area contributed by atoms with Crippen LogP contribution in [0.1, 0.15) is 24.1 Å². The standard InChI is InChI=1S/C17H20N2O3S/c20-17(18-7-6-14-11-23-12-19-14)3-1-2-13-4-5-15-16(10-13)22-9-8-21-15/h4-5,10-12H,1-3,6-9H2,(H,18,20). The molecule has 2 heterocycles. The van der Waals surface area contributed by atoms with Gasteiger partial charge in [-0.15, -0.1) is 11.3 Å². The second-order valence-electron chi connectivity index (χ2n) is 5.41. The first-order chi connectivity index (χ1) is 11.3. The van der Waals surface area contributed by atoms with Crippen molar-refractivity contribution >= 4 is 17.2 Å². The molecule has 1 aromatic heterocycles. The van der Waals surface area contributed by atoms with E-state index < -0.39 is 0 Å². The lowest BCUT2D eigenvalue weighted by Gasteiger charge is -2.18. The Morgan fingerprint density at radius 1 is 1.22 bits per heavy atom. The molecule has 0 fully saturated rings. The topological polar surface area (TPSA) is 60.5 Å². The van der Waals surface area contributed by atoms with Crippen LogP contribution in [0.4, 0.5) is 0 Å². The summed E-state index contributed by atoms with van der Waals surface area (Å²) in [5.74, 6) is 1.71. The SMILES string of the molecule is O=C(CCCc1ccc2c(c1)OCCO2)NCCc1cscn1. The van der Waals surface area contributed by atoms with E-state index in [1.54, 1.807) is 11.3 Å². The Morgan fingerprint density at radius 2 is 2.09 bits per heavy atom. The summed E-state index contributed by atoms with van der Waals surface area (Å²) in [7, 11) is 0. The number of hydrogen-bond acceptors (Lipinski definition) is 5. The molecule has 3 rings (SSSR count). The summed E-state index contributed by atoms with van der Waals surface area (Å²) in [4.78, 5) is 16.0. The van der Waals surface area contributed by atoms with E-state index >= 15 is 0 Å². The average molecular weight is 332 g/mol. The molecule has 6 heteroatoms. The van der Waals surface area contributed by atoms with Crippen molar-refractivity contribution in [3.05, 3.63) is 40.3 Å². The van der Waals surface area contributed by atoms with Gasteiger partial charge >= 0.3 is 0 Å². The number of aryl methyl sites for hydroxylation is 1. The van der Waals surface area contributed by atoms with E-state index in [0.29, 0.717) is 26.2 Å². The fraction of sp³-hybridized carbons (Fsp3) is 0.412. The number of aromatic nitrogens is 1. The van der Waals surface area contributed by atoms with Crippen molar-refractivity contribution in [1.82, 2.24) is 10.3 Å². The number of thiazole rings is 1. The van der Waals surface area contributed by atoms with Gasteiger partial charge in [0.15, 0.2) is 11.5 Å². The first-order valence-electron chi connectivity index (χ1n) is 7.83. The van der Waals surface area contributed by atoms with Crippen LogP contribution in [0.15, 0.2) is 29.1 Å². The molecule has 1 aliphatic heterocycles. The monoisotopic (exact) mass is 332 g/mol. The van der Waals surface area contributed by atoms with Gasteiger partial charge in [-0.2, -0.15) is 0 Å². The molecule has 0 saturated heterocycles. The van der Waals surface area contributed by atoms with Gasteiger partial charge < -0.3 is 14.8 Å². The summed E-state index contributed by atoms with van der Waals surface area (Å²) in [5.41, 5.74) is 4.01. The van der Waals surface area contributed by atoms with Gasteiger partial charge in [-0.3, -0.25) is 4.79 Å². The first kappa shape index (κ1) is 15.8. The van der Waals surface area contributed by atoms with Crippen LogP contribution in [0.3, 0.4) is 0 Å². The van der Waals surface area contributed by atoms with Crippen LogP contribution in [0.2, 0.25) is 0 Å². The normalized spacial score (nSPS) is 12.9. The van der Waals surface area contributed by atoms with E-state index in [9.17, 15) is 4.79 Å². The van der Waals surface area contributed by atoms with Gasteiger partial charge in [-0.25, -0.2) is 4.98 Å². The van der Waals surface area contributed by atoms with Gasteiger partial charge in [0.2, 0.25) is 5.91 Å². The predicted molar refractivity (Wildman–Crippen MR) is 89.2 cm³/mol. The molecular formula is C17H20N2O3S. The molecule has 5 nitrogen and oxygen atoms in total. The van der Waals surface area contributed by atoms with Crippen molar-refractivity contribution in [1.29, 1.82) is 0 Å². The Balaban J connectivity index is 1.36. The van der Waals surface area contributed by atoms with E-state index in [1.165, 1.54) is 5.56 Å². The highest BCUT2D eigenvalue weighted by molar-refractivity contribution is 7.07. The lowest BCUT2D eigenvalue weighted by molar-refractivity contribution is -0.121. The number of hydrogen-bond donors (Lipinski definition) is 1. The van der Waals surface area contributed by atoms with Crippen molar-refractivity contribution in [2.45, 2.75) is 25.7 Å². The van der Waals surface area contributed by atoms with Crippen molar-refractivity contribution in [2.24, 2.45) is 0 Å². The highest BCUT2D eigenvalue weighted by atomic mass is 32.1. The van der Waals surface area contributed by atoms with Crippen molar-refractivity contribution < 1.29 is 14.3 Å². The van der Waals surface area contributed by atoms with E-state index in [1.807, 2.05) is 29.1 Å². The fourth-order valence-corrected chi connectivity index (χ4v) is 3.07. The minimum absolute atomic E-state index is 0.0952. The molecule has 0 saturated carbocycles. The van der Waals surface area contributed by atoms with Gasteiger partial charge in [-0.05, 0) is 30.5 Å². The number of fused-ring (bicyclic) bond motifs is 1. The Kier molecular flexibility index (Phi) is 5.47. The first-order valence-corrected chi connectivity index (χ1v) is 8.78. The third-order valence-electron chi connectivity index (χ3n) is 3.66. The molecule has 0 spiro atoms. The third kappa shape index (κ3) is 4.69. The second-order valence-corrected chi connectivity index (χ2v) is 6.13. The van der Waals surface area contributed by atoms with Crippen LogP contribution in [-0.4, -0.2) is 30.6 Å². The maximum absolute atomic E-state index is 11.8. The van der Waals surface area contributed by atoms with Crippen LogP contribution < -0.4 is 14.8 Å². The molecule has 1 N–H and O–H groups in total. The van der Waals surface area contributed by atoms with E-state index in [2.05, 4.69) is 10.3 Å². The average Bonchev–Trinajstić information content (AvgIpc) is 3.08. The largest absolute Gasteiger partial charge is 0.486 e. The third-order valence-corrected chi connectivity index (χ3v) is 4.30. The molecule has 0 radical (unpaired) electrons. The number of carbonyl (C=O) groups is 1. The van der Waals surface area contributed by atoms with E-state index in [-0.39, 0.29) is 5.91 Å². The summed E-state index contributed by atoms with van der Waals surface area (Å²) in [6.45, 7) is 1.85. The number of nitrogens with one attached hydrogen (secondary N) is 1. The summed E-state index contributed by atoms with van der Waals surface area (Å²) in [5, 5.41) is 4.95. The summed E-state index contributed by atoms with van der Waals surface area (Å²) in [6.07, 6.45) is 3.00. The van der Waals surface area contributed by atoms with Gasteiger partial charge in [-0.1, -0.05) is 6.07 Å². The zero-order valence-corrected chi connectivity index (χ0v) is 13.7. The number of ether oxygens (including phenoxy) is 2. The Hall–Kier alpha value is -2.08. The van der Waals surface area contributed by atoms with E-state index in [4.69, 9.17) is 9.47 Å². The van der Waals surface area contributed by atoms with Gasteiger partial charge in [0.25, 0.3) is 0 Å². The van der Waals surface area contributed by atoms with Crippen LogP contribution in [0.5, 0.6) is 11.5 Å². The molecule has 0 atom stereocenters. The number of nitrogens with zero attached hydrogens (tertiary/aromatic N) is 1. The lowest BCUT2D eigenvalue weighted by Crippen LogP contribution is -2.25. The smallest absolute Gasteiger partial charge is 0.220 e. The Labute approximate surface area is 139 Å². The second kappa shape index (κ2) is 7.97. The molecule has 2 aromatic rings. The lowest BCUT2D eigenvalue weighted by atomic mass is 10.1. The minimum atomic E-state index is 0.0952.